The van der Waals surface area contributed by atoms with Crippen molar-refractivity contribution < 1.29 is 9.32 Å². The van der Waals surface area contributed by atoms with Crippen LogP contribution < -0.4 is 5.32 Å². The molecule has 1 N–H and O–H groups in total. The molecule has 0 aliphatic heterocycles. The van der Waals surface area contributed by atoms with E-state index in [2.05, 4.69) is 17.4 Å². The Labute approximate surface area is 129 Å². The molecule has 0 radical (unpaired) electrons. The van der Waals surface area contributed by atoms with E-state index >= 15 is 0 Å². The highest BCUT2D eigenvalue weighted by atomic mass is 35.5. The van der Waals surface area contributed by atoms with Gasteiger partial charge in [-0.3, -0.25) is 4.79 Å². The largest absolute Gasteiger partial charge is 0.360 e. The Morgan fingerprint density at radius 3 is 2.81 bits per heavy atom. The van der Waals surface area contributed by atoms with Crippen molar-refractivity contribution in [2.24, 2.45) is 0 Å². The van der Waals surface area contributed by atoms with Crippen molar-refractivity contribution in [3.63, 3.8) is 0 Å². The summed E-state index contributed by atoms with van der Waals surface area (Å²) >= 11 is 6.19. The number of halogens is 1. The Bertz CT molecular complexity index is 637. The normalized spacial score (nSPS) is 12.2. The molecule has 21 heavy (non-hydrogen) atoms. The van der Waals surface area contributed by atoms with E-state index in [9.17, 15) is 4.79 Å². The molecule has 2 aromatic rings. The molecule has 1 atom stereocenters. The van der Waals surface area contributed by atoms with E-state index < -0.39 is 0 Å². The number of hydrogen-bond acceptors (Lipinski definition) is 3. The highest BCUT2D eigenvalue weighted by Gasteiger charge is 2.23. The smallest absolute Gasteiger partial charge is 0.257 e. The summed E-state index contributed by atoms with van der Waals surface area (Å²) in [5.41, 5.74) is 1.63. The van der Waals surface area contributed by atoms with Crippen molar-refractivity contribution in [1.29, 1.82) is 0 Å². The average molecular weight is 307 g/mol. The van der Waals surface area contributed by atoms with Crippen LogP contribution in [0, 0.1) is 6.92 Å². The minimum atomic E-state index is -0.176. The number of benzene rings is 1. The van der Waals surface area contributed by atoms with E-state index in [1.165, 1.54) is 0 Å². The third-order valence-corrected chi connectivity index (χ3v) is 3.65. The molecular formula is C16H19ClN2O2. The number of carbonyl (C=O) groups excluding carboxylic acids is 1. The van der Waals surface area contributed by atoms with E-state index in [0.29, 0.717) is 27.6 Å². The highest BCUT2D eigenvalue weighted by molar-refractivity contribution is 6.33. The van der Waals surface area contributed by atoms with Gasteiger partial charge in [-0.15, -0.1) is 0 Å². The Kier molecular flexibility index (Phi) is 5.02. The maximum atomic E-state index is 12.5. The number of carbonyl (C=O) groups is 1. The van der Waals surface area contributed by atoms with E-state index in [4.69, 9.17) is 16.1 Å². The lowest BCUT2D eigenvalue weighted by Gasteiger charge is -2.13. The Balaban J connectivity index is 2.35. The SMILES string of the molecule is CCCC(C)NC(=O)c1c(-c2ccccc2Cl)noc1C. The summed E-state index contributed by atoms with van der Waals surface area (Å²) in [6.45, 7) is 5.80. The number of hydrogen-bond donors (Lipinski definition) is 1. The summed E-state index contributed by atoms with van der Waals surface area (Å²) in [5.74, 6) is 0.315. The summed E-state index contributed by atoms with van der Waals surface area (Å²) in [4.78, 5) is 12.5. The predicted octanol–water partition coefficient (Wildman–Crippen LogP) is 4.22. The monoisotopic (exact) mass is 306 g/mol. The minimum absolute atomic E-state index is 0.107. The summed E-state index contributed by atoms with van der Waals surface area (Å²) in [7, 11) is 0. The first-order valence-electron chi connectivity index (χ1n) is 7.06. The Hall–Kier alpha value is -1.81. The second kappa shape index (κ2) is 6.76. The van der Waals surface area contributed by atoms with Crippen LogP contribution >= 0.6 is 11.6 Å². The van der Waals surface area contributed by atoms with Gasteiger partial charge in [-0.2, -0.15) is 0 Å². The fourth-order valence-electron chi connectivity index (χ4n) is 2.28. The van der Waals surface area contributed by atoms with Crippen LogP contribution in [0.2, 0.25) is 5.02 Å². The van der Waals surface area contributed by atoms with Crippen LogP contribution in [0.4, 0.5) is 0 Å². The van der Waals surface area contributed by atoms with Gasteiger partial charge in [-0.25, -0.2) is 0 Å². The topological polar surface area (TPSA) is 55.1 Å². The van der Waals surface area contributed by atoms with Crippen LogP contribution in [0.5, 0.6) is 0 Å². The van der Waals surface area contributed by atoms with Gasteiger partial charge < -0.3 is 9.84 Å². The van der Waals surface area contributed by atoms with Crippen molar-refractivity contribution in [3.05, 3.63) is 40.6 Å². The molecule has 5 heteroatoms. The molecule has 1 aromatic heterocycles. The second-order valence-corrected chi connectivity index (χ2v) is 5.51. The molecule has 1 aromatic carbocycles. The van der Waals surface area contributed by atoms with Crippen LogP contribution in [0.3, 0.4) is 0 Å². The van der Waals surface area contributed by atoms with Crippen molar-refractivity contribution >= 4 is 17.5 Å². The molecule has 4 nitrogen and oxygen atoms in total. The lowest BCUT2D eigenvalue weighted by Crippen LogP contribution is -2.32. The predicted molar refractivity (Wildman–Crippen MR) is 83.5 cm³/mol. The average Bonchev–Trinajstić information content (AvgIpc) is 2.81. The molecule has 0 aliphatic carbocycles. The molecule has 2 rings (SSSR count). The van der Waals surface area contributed by atoms with Gasteiger partial charge in [0.15, 0.2) is 0 Å². The molecule has 1 amide bonds. The zero-order valence-electron chi connectivity index (χ0n) is 12.4. The molecule has 0 bridgehead atoms. The van der Waals surface area contributed by atoms with Crippen LogP contribution in [-0.2, 0) is 0 Å². The lowest BCUT2D eigenvalue weighted by atomic mass is 10.0. The molecule has 0 saturated heterocycles. The summed E-state index contributed by atoms with van der Waals surface area (Å²) < 4.78 is 5.20. The summed E-state index contributed by atoms with van der Waals surface area (Å²) in [5, 5.41) is 7.52. The second-order valence-electron chi connectivity index (χ2n) is 5.11. The van der Waals surface area contributed by atoms with Gasteiger partial charge in [-0.05, 0) is 26.3 Å². The maximum absolute atomic E-state index is 12.5. The number of amides is 1. The van der Waals surface area contributed by atoms with Gasteiger partial charge in [0.25, 0.3) is 5.91 Å². The molecule has 0 fully saturated rings. The highest BCUT2D eigenvalue weighted by Crippen LogP contribution is 2.30. The Morgan fingerprint density at radius 2 is 2.14 bits per heavy atom. The first kappa shape index (κ1) is 15.6. The Morgan fingerprint density at radius 1 is 1.43 bits per heavy atom. The lowest BCUT2D eigenvalue weighted by molar-refractivity contribution is 0.0937. The molecule has 1 unspecified atom stereocenters. The van der Waals surface area contributed by atoms with Crippen molar-refractivity contribution in [1.82, 2.24) is 10.5 Å². The fraction of sp³-hybridized carbons (Fsp3) is 0.375. The van der Waals surface area contributed by atoms with Gasteiger partial charge in [0.1, 0.15) is 17.0 Å². The zero-order chi connectivity index (χ0) is 15.4. The number of nitrogens with zero attached hydrogens (tertiary/aromatic N) is 1. The van der Waals surface area contributed by atoms with Gasteiger partial charge in [-0.1, -0.05) is 48.3 Å². The van der Waals surface area contributed by atoms with E-state index in [0.717, 1.165) is 12.8 Å². The molecule has 0 saturated carbocycles. The van der Waals surface area contributed by atoms with E-state index in [1.807, 2.05) is 25.1 Å². The van der Waals surface area contributed by atoms with Gasteiger partial charge >= 0.3 is 0 Å². The third kappa shape index (κ3) is 3.45. The number of rotatable bonds is 5. The molecular weight excluding hydrogens is 288 g/mol. The first-order chi connectivity index (χ1) is 10.0. The van der Waals surface area contributed by atoms with Gasteiger partial charge in [0.2, 0.25) is 0 Å². The maximum Gasteiger partial charge on any atom is 0.257 e. The number of nitrogens with one attached hydrogen (secondary N) is 1. The van der Waals surface area contributed by atoms with E-state index in [1.54, 1.807) is 13.0 Å². The van der Waals surface area contributed by atoms with Crippen molar-refractivity contribution in [3.8, 4) is 11.3 Å². The minimum Gasteiger partial charge on any atom is -0.360 e. The zero-order valence-corrected chi connectivity index (χ0v) is 13.2. The first-order valence-corrected chi connectivity index (χ1v) is 7.44. The summed E-state index contributed by atoms with van der Waals surface area (Å²) in [6, 6.07) is 7.39. The quantitative estimate of drug-likeness (QED) is 0.899. The van der Waals surface area contributed by atoms with Gasteiger partial charge in [0, 0.05) is 11.6 Å². The fourth-order valence-corrected chi connectivity index (χ4v) is 2.50. The summed E-state index contributed by atoms with van der Waals surface area (Å²) in [6.07, 6.45) is 1.94. The number of aryl methyl sites for hydroxylation is 1. The van der Waals surface area contributed by atoms with Gasteiger partial charge in [0.05, 0.1) is 5.02 Å². The van der Waals surface area contributed by atoms with Crippen LogP contribution in [-0.4, -0.2) is 17.1 Å². The van der Waals surface area contributed by atoms with Crippen LogP contribution in [0.25, 0.3) is 11.3 Å². The molecule has 0 spiro atoms. The van der Waals surface area contributed by atoms with Crippen molar-refractivity contribution in [2.45, 2.75) is 39.7 Å². The molecule has 0 aliphatic rings. The molecule has 1 heterocycles. The van der Waals surface area contributed by atoms with Crippen LogP contribution in [0.1, 0.15) is 42.8 Å². The van der Waals surface area contributed by atoms with E-state index in [-0.39, 0.29) is 11.9 Å². The third-order valence-electron chi connectivity index (χ3n) is 3.32. The standard InChI is InChI=1S/C16H19ClN2O2/c1-4-7-10(2)18-16(20)14-11(3)21-19-15(14)12-8-5-6-9-13(12)17/h5-6,8-10H,4,7H2,1-3H3,(H,18,20). The van der Waals surface area contributed by atoms with Crippen molar-refractivity contribution in [2.75, 3.05) is 0 Å². The molecule has 112 valence electrons. The van der Waals surface area contributed by atoms with Crippen LogP contribution in [0.15, 0.2) is 28.8 Å². The number of aromatic nitrogens is 1.